The van der Waals surface area contributed by atoms with Gasteiger partial charge in [0.15, 0.2) is 0 Å². The summed E-state index contributed by atoms with van der Waals surface area (Å²) in [6, 6.07) is 9.07. The van der Waals surface area contributed by atoms with Crippen LogP contribution < -0.4 is 0 Å². The zero-order chi connectivity index (χ0) is 8.67. The van der Waals surface area contributed by atoms with Gasteiger partial charge in [-0.2, -0.15) is 0 Å². The molecular weight excluding hydrogens is 156 g/mol. The zero-order valence-corrected chi connectivity index (χ0v) is 8.00. The van der Waals surface area contributed by atoms with E-state index in [1.165, 1.54) is 32.1 Å². The quantitative estimate of drug-likeness (QED) is 0.561. The first-order valence-electron chi connectivity index (χ1n) is 5.53. The summed E-state index contributed by atoms with van der Waals surface area (Å²) >= 11 is 0. The Kier molecular flexibility index (Phi) is 1.68. The molecule has 0 radical (unpaired) electrons. The van der Waals surface area contributed by atoms with Crippen molar-refractivity contribution in [2.75, 3.05) is 0 Å². The van der Waals surface area contributed by atoms with Gasteiger partial charge in [-0.3, -0.25) is 0 Å². The predicted molar refractivity (Wildman–Crippen MR) is 54.8 cm³/mol. The highest BCUT2D eigenvalue weighted by atomic mass is 14.4. The van der Waals surface area contributed by atoms with Crippen molar-refractivity contribution in [2.24, 2.45) is 5.92 Å². The molecule has 0 heteroatoms. The van der Waals surface area contributed by atoms with Crippen LogP contribution in [0.25, 0.3) is 0 Å². The van der Waals surface area contributed by atoms with Crippen LogP contribution in [0.5, 0.6) is 0 Å². The second kappa shape index (κ2) is 2.87. The van der Waals surface area contributed by atoms with Crippen molar-refractivity contribution in [1.29, 1.82) is 0 Å². The monoisotopic (exact) mass is 172 g/mol. The molecular formula is C13H16. The maximum atomic E-state index is 2.35. The van der Waals surface area contributed by atoms with E-state index < -0.39 is 0 Å². The highest BCUT2D eigenvalue weighted by Crippen LogP contribution is 2.46. The molecule has 0 heterocycles. The highest BCUT2D eigenvalue weighted by molar-refractivity contribution is 5.36. The molecule has 0 saturated heterocycles. The van der Waals surface area contributed by atoms with Crippen LogP contribution in [0.3, 0.4) is 0 Å². The lowest BCUT2D eigenvalue weighted by atomic mass is 9.80. The van der Waals surface area contributed by atoms with E-state index in [-0.39, 0.29) is 0 Å². The van der Waals surface area contributed by atoms with Crippen molar-refractivity contribution in [2.45, 2.75) is 38.0 Å². The summed E-state index contributed by atoms with van der Waals surface area (Å²) in [7, 11) is 0. The highest BCUT2D eigenvalue weighted by Gasteiger charge is 2.33. The van der Waals surface area contributed by atoms with Crippen molar-refractivity contribution >= 4 is 0 Å². The number of hydrogen-bond acceptors (Lipinski definition) is 0. The fourth-order valence-electron chi connectivity index (χ4n) is 3.23. The minimum atomic E-state index is 0.921. The van der Waals surface area contributed by atoms with E-state index in [4.69, 9.17) is 0 Å². The van der Waals surface area contributed by atoms with Gasteiger partial charge in [-0.1, -0.05) is 37.1 Å². The maximum Gasteiger partial charge on any atom is -0.0128 e. The van der Waals surface area contributed by atoms with Crippen LogP contribution in [-0.2, 0) is 6.42 Å². The van der Waals surface area contributed by atoms with Crippen LogP contribution in [0.15, 0.2) is 24.3 Å². The Balaban J connectivity index is 2.01. The first-order valence-corrected chi connectivity index (χ1v) is 5.53. The molecule has 0 bridgehead atoms. The first kappa shape index (κ1) is 7.61. The van der Waals surface area contributed by atoms with Crippen LogP contribution >= 0.6 is 0 Å². The van der Waals surface area contributed by atoms with E-state index in [1.807, 2.05) is 0 Å². The lowest BCUT2D eigenvalue weighted by Crippen LogP contribution is -2.12. The molecule has 1 fully saturated rings. The standard InChI is InChI=1S/C13H16/c1-3-7-12-10(5-1)9-11-6-2-4-8-13(11)12/h1,3,5,7,11,13H,2,4,6,8-9H2. The third kappa shape index (κ3) is 1.12. The third-order valence-corrected chi connectivity index (χ3v) is 3.85. The summed E-state index contributed by atoms with van der Waals surface area (Å²) in [5, 5.41) is 0. The van der Waals surface area contributed by atoms with Gasteiger partial charge in [-0.15, -0.1) is 0 Å². The molecule has 1 saturated carbocycles. The van der Waals surface area contributed by atoms with E-state index in [2.05, 4.69) is 24.3 Å². The van der Waals surface area contributed by atoms with Gasteiger partial charge >= 0.3 is 0 Å². The van der Waals surface area contributed by atoms with Crippen LogP contribution in [0, 0.1) is 5.92 Å². The maximum absolute atomic E-state index is 2.35. The molecule has 2 aliphatic rings. The van der Waals surface area contributed by atoms with Gasteiger partial charge in [0.1, 0.15) is 0 Å². The van der Waals surface area contributed by atoms with E-state index >= 15 is 0 Å². The molecule has 1 aromatic carbocycles. The molecule has 68 valence electrons. The Morgan fingerprint density at radius 1 is 1.00 bits per heavy atom. The number of fused-ring (bicyclic) bond motifs is 3. The van der Waals surface area contributed by atoms with Crippen LogP contribution in [0.4, 0.5) is 0 Å². The SMILES string of the molecule is c1ccc2c(c1)CC1CCCCC21. The number of hydrogen-bond donors (Lipinski definition) is 0. The Hall–Kier alpha value is -0.780. The lowest BCUT2D eigenvalue weighted by Gasteiger charge is -2.25. The van der Waals surface area contributed by atoms with Gasteiger partial charge in [0.05, 0.1) is 0 Å². The minimum Gasteiger partial charge on any atom is -0.0620 e. The molecule has 0 aromatic heterocycles. The topological polar surface area (TPSA) is 0 Å². The largest absolute Gasteiger partial charge is 0.0620 e. The van der Waals surface area contributed by atoms with Gasteiger partial charge in [0, 0.05) is 0 Å². The molecule has 2 unspecified atom stereocenters. The molecule has 0 amide bonds. The van der Waals surface area contributed by atoms with E-state index in [0.717, 1.165) is 11.8 Å². The van der Waals surface area contributed by atoms with Crippen LogP contribution in [0.2, 0.25) is 0 Å². The van der Waals surface area contributed by atoms with Crippen molar-refractivity contribution in [1.82, 2.24) is 0 Å². The normalized spacial score (nSPS) is 31.1. The summed E-state index contributed by atoms with van der Waals surface area (Å²) in [4.78, 5) is 0. The molecule has 2 atom stereocenters. The van der Waals surface area contributed by atoms with Crippen LogP contribution in [-0.4, -0.2) is 0 Å². The summed E-state index contributed by atoms with van der Waals surface area (Å²) in [5.74, 6) is 1.91. The Morgan fingerprint density at radius 2 is 1.85 bits per heavy atom. The van der Waals surface area contributed by atoms with Crippen molar-refractivity contribution in [3.8, 4) is 0 Å². The van der Waals surface area contributed by atoms with Crippen molar-refractivity contribution in [3.63, 3.8) is 0 Å². The Bertz CT molecular complexity index is 314. The Morgan fingerprint density at radius 3 is 2.85 bits per heavy atom. The van der Waals surface area contributed by atoms with E-state index in [0.29, 0.717) is 0 Å². The molecule has 0 N–H and O–H groups in total. The van der Waals surface area contributed by atoms with Gasteiger partial charge in [0.2, 0.25) is 0 Å². The molecule has 0 aliphatic heterocycles. The van der Waals surface area contributed by atoms with Crippen LogP contribution in [0.1, 0.15) is 42.7 Å². The average Bonchev–Trinajstić information content (AvgIpc) is 2.56. The number of rotatable bonds is 0. The predicted octanol–water partition coefficient (Wildman–Crippen LogP) is 3.52. The first-order chi connectivity index (χ1) is 6.45. The lowest BCUT2D eigenvalue weighted by molar-refractivity contribution is 0.330. The minimum absolute atomic E-state index is 0.921. The molecule has 3 rings (SSSR count). The second-order valence-corrected chi connectivity index (χ2v) is 4.55. The summed E-state index contributed by atoms with van der Waals surface area (Å²) < 4.78 is 0. The van der Waals surface area contributed by atoms with E-state index in [1.54, 1.807) is 11.1 Å². The second-order valence-electron chi connectivity index (χ2n) is 4.55. The molecule has 13 heavy (non-hydrogen) atoms. The smallest absolute Gasteiger partial charge is 0.0128 e. The van der Waals surface area contributed by atoms with Gasteiger partial charge in [-0.25, -0.2) is 0 Å². The fraction of sp³-hybridized carbons (Fsp3) is 0.538. The van der Waals surface area contributed by atoms with Crippen molar-refractivity contribution in [3.05, 3.63) is 35.4 Å². The third-order valence-electron chi connectivity index (χ3n) is 3.85. The molecule has 1 aromatic rings. The van der Waals surface area contributed by atoms with Gasteiger partial charge in [-0.05, 0) is 42.2 Å². The molecule has 2 aliphatic carbocycles. The zero-order valence-electron chi connectivity index (χ0n) is 8.00. The average molecular weight is 172 g/mol. The summed E-state index contributed by atoms with van der Waals surface area (Å²) in [6.45, 7) is 0. The number of benzene rings is 1. The molecule has 0 spiro atoms. The van der Waals surface area contributed by atoms with Gasteiger partial charge < -0.3 is 0 Å². The summed E-state index contributed by atoms with van der Waals surface area (Å²) in [5.41, 5.74) is 3.31. The van der Waals surface area contributed by atoms with Crippen molar-refractivity contribution < 1.29 is 0 Å². The fourth-order valence-corrected chi connectivity index (χ4v) is 3.23. The molecule has 0 nitrogen and oxygen atoms in total. The van der Waals surface area contributed by atoms with Gasteiger partial charge in [0.25, 0.3) is 0 Å². The Labute approximate surface area is 80.0 Å². The summed E-state index contributed by atoms with van der Waals surface area (Å²) in [6.07, 6.45) is 7.20. The van der Waals surface area contributed by atoms with E-state index in [9.17, 15) is 0 Å².